The Hall–Kier alpha value is -2.66. The first-order valence-corrected chi connectivity index (χ1v) is 8.57. The van der Waals surface area contributed by atoms with Crippen LogP contribution in [0.2, 0.25) is 0 Å². The van der Waals surface area contributed by atoms with E-state index in [1.54, 1.807) is 0 Å². The molecule has 0 aliphatic carbocycles. The Morgan fingerprint density at radius 2 is 1.88 bits per heavy atom. The Bertz CT molecular complexity index is 793. The van der Waals surface area contributed by atoms with Gasteiger partial charge in [0.2, 0.25) is 11.7 Å². The van der Waals surface area contributed by atoms with Gasteiger partial charge >= 0.3 is 0 Å². The Morgan fingerprint density at radius 3 is 2.64 bits per heavy atom. The van der Waals surface area contributed by atoms with Crippen LogP contribution in [0.4, 0.5) is 0 Å². The Kier molecular flexibility index (Phi) is 4.74. The SMILES string of the molecule is c1ccc(COc2ccc(-c3noc(C4CCCOC4)n3)cc2)cc1. The van der Waals surface area contributed by atoms with Gasteiger partial charge in [0.05, 0.1) is 12.5 Å². The molecule has 2 aromatic carbocycles. The fourth-order valence-corrected chi connectivity index (χ4v) is 2.89. The van der Waals surface area contributed by atoms with Gasteiger partial charge in [-0.25, -0.2) is 0 Å². The van der Waals surface area contributed by atoms with Crippen LogP contribution < -0.4 is 4.74 Å². The van der Waals surface area contributed by atoms with Crippen molar-refractivity contribution in [3.63, 3.8) is 0 Å². The molecule has 5 nitrogen and oxygen atoms in total. The number of hydrogen-bond donors (Lipinski definition) is 0. The van der Waals surface area contributed by atoms with Crippen molar-refractivity contribution in [2.45, 2.75) is 25.4 Å². The molecule has 0 saturated carbocycles. The maximum atomic E-state index is 5.80. The van der Waals surface area contributed by atoms with E-state index in [-0.39, 0.29) is 5.92 Å². The predicted octanol–water partition coefficient (Wildman–Crippen LogP) is 4.21. The van der Waals surface area contributed by atoms with Gasteiger partial charge in [-0.15, -0.1) is 0 Å². The lowest BCUT2D eigenvalue weighted by Crippen LogP contribution is -2.15. The van der Waals surface area contributed by atoms with Gasteiger partial charge in [0, 0.05) is 12.2 Å². The van der Waals surface area contributed by atoms with E-state index in [0.29, 0.717) is 24.9 Å². The van der Waals surface area contributed by atoms with E-state index in [9.17, 15) is 0 Å². The van der Waals surface area contributed by atoms with Gasteiger partial charge in [-0.05, 0) is 42.7 Å². The van der Waals surface area contributed by atoms with Crippen molar-refractivity contribution in [1.82, 2.24) is 10.1 Å². The van der Waals surface area contributed by atoms with E-state index < -0.39 is 0 Å². The summed E-state index contributed by atoms with van der Waals surface area (Å²) in [5, 5.41) is 4.10. The molecule has 1 aromatic heterocycles. The molecular formula is C20H20N2O3. The van der Waals surface area contributed by atoms with Crippen LogP contribution in [-0.2, 0) is 11.3 Å². The molecule has 0 bridgehead atoms. The Balaban J connectivity index is 1.40. The standard InChI is InChI=1S/C20H20N2O3/c1-2-5-15(6-3-1)13-24-18-10-8-16(9-11-18)19-21-20(25-22-19)17-7-4-12-23-14-17/h1-3,5-6,8-11,17H,4,7,12-14H2. The molecule has 1 fully saturated rings. The van der Waals surface area contributed by atoms with Gasteiger partial charge in [0.1, 0.15) is 12.4 Å². The molecule has 128 valence electrons. The van der Waals surface area contributed by atoms with E-state index in [1.807, 2.05) is 54.6 Å². The first kappa shape index (κ1) is 15.8. The molecule has 1 aliphatic heterocycles. The highest BCUT2D eigenvalue weighted by molar-refractivity contribution is 5.55. The Labute approximate surface area is 146 Å². The molecule has 1 unspecified atom stereocenters. The first-order valence-electron chi connectivity index (χ1n) is 8.57. The summed E-state index contributed by atoms with van der Waals surface area (Å²) >= 11 is 0. The molecule has 0 amide bonds. The van der Waals surface area contributed by atoms with E-state index in [1.165, 1.54) is 0 Å². The molecule has 0 spiro atoms. The number of aromatic nitrogens is 2. The Morgan fingerprint density at radius 1 is 1.04 bits per heavy atom. The van der Waals surface area contributed by atoms with Gasteiger partial charge in [-0.2, -0.15) is 4.98 Å². The van der Waals surface area contributed by atoms with E-state index >= 15 is 0 Å². The second-order valence-corrected chi connectivity index (χ2v) is 6.17. The molecule has 2 heterocycles. The van der Waals surface area contributed by atoms with Crippen LogP contribution in [0.15, 0.2) is 59.1 Å². The van der Waals surface area contributed by atoms with Crippen LogP contribution in [0.25, 0.3) is 11.4 Å². The molecule has 0 N–H and O–H groups in total. The lowest BCUT2D eigenvalue weighted by atomic mass is 10.0. The second-order valence-electron chi connectivity index (χ2n) is 6.17. The fourth-order valence-electron chi connectivity index (χ4n) is 2.89. The first-order chi connectivity index (χ1) is 12.4. The van der Waals surface area contributed by atoms with Gasteiger partial charge < -0.3 is 14.0 Å². The summed E-state index contributed by atoms with van der Waals surface area (Å²) in [7, 11) is 0. The summed E-state index contributed by atoms with van der Waals surface area (Å²) in [6.45, 7) is 2.03. The largest absolute Gasteiger partial charge is 0.489 e. The minimum atomic E-state index is 0.212. The van der Waals surface area contributed by atoms with Crippen LogP contribution in [0.5, 0.6) is 5.75 Å². The molecule has 5 heteroatoms. The summed E-state index contributed by atoms with van der Waals surface area (Å²) in [4.78, 5) is 4.53. The summed E-state index contributed by atoms with van der Waals surface area (Å²) in [6.07, 6.45) is 2.07. The normalized spacial score (nSPS) is 17.4. The van der Waals surface area contributed by atoms with Crippen molar-refractivity contribution in [3.8, 4) is 17.1 Å². The fraction of sp³-hybridized carbons (Fsp3) is 0.300. The van der Waals surface area contributed by atoms with E-state index in [4.69, 9.17) is 14.0 Å². The molecule has 25 heavy (non-hydrogen) atoms. The highest BCUT2D eigenvalue weighted by Crippen LogP contribution is 2.27. The van der Waals surface area contributed by atoms with Crippen molar-refractivity contribution >= 4 is 0 Å². The smallest absolute Gasteiger partial charge is 0.232 e. The summed E-state index contributed by atoms with van der Waals surface area (Å²) < 4.78 is 16.7. The molecule has 3 aromatic rings. The number of ether oxygens (including phenoxy) is 2. The van der Waals surface area contributed by atoms with Gasteiger partial charge in [0.15, 0.2) is 0 Å². The summed E-state index contributed by atoms with van der Waals surface area (Å²) in [6, 6.07) is 17.9. The van der Waals surface area contributed by atoms with Crippen LogP contribution in [0.3, 0.4) is 0 Å². The van der Waals surface area contributed by atoms with Crippen molar-refractivity contribution in [2.24, 2.45) is 0 Å². The topological polar surface area (TPSA) is 57.4 Å². The molecule has 1 atom stereocenters. The van der Waals surface area contributed by atoms with Crippen LogP contribution in [0.1, 0.15) is 30.2 Å². The minimum absolute atomic E-state index is 0.212. The molecule has 0 radical (unpaired) electrons. The van der Waals surface area contributed by atoms with Crippen molar-refractivity contribution in [2.75, 3.05) is 13.2 Å². The average molecular weight is 336 g/mol. The summed E-state index contributed by atoms with van der Waals surface area (Å²) in [5.74, 6) is 2.30. The van der Waals surface area contributed by atoms with E-state index in [2.05, 4.69) is 10.1 Å². The van der Waals surface area contributed by atoms with Crippen molar-refractivity contribution in [1.29, 1.82) is 0 Å². The average Bonchev–Trinajstić information content (AvgIpc) is 3.19. The number of benzene rings is 2. The highest BCUT2D eigenvalue weighted by atomic mass is 16.5. The van der Waals surface area contributed by atoms with Crippen LogP contribution >= 0.6 is 0 Å². The lowest BCUT2D eigenvalue weighted by Gasteiger charge is -2.17. The lowest BCUT2D eigenvalue weighted by molar-refractivity contribution is 0.0705. The number of hydrogen-bond acceptors (Lipinski definition) is 5. The highest BCUT2D eigenvalue weighted by Gasteiger charge is 2.22. The molecule has 1 aliphatic rings. The third-order valence-electron chi connectivity index (χ3n) is 4.31. The van der Waals surface area contributed by atoms with Crippen molar-refractivity contribution < 1.29 is 14.0 Å². The zero-order chi connectivity index (χ0) is 16.9. The summed E-state index contributed by atoms with van der Waals surface area (Å²) in [5.41, 5.74) is 2.06. The third-order valence-corrected chi connectivity index (χ3v) is 4.31. The van der Waals surface area contributed by atoms with Crippen LogP contribution in [-0.4, -0.2) is 23.4 Å². The quantitative estimate of drug-likeness (QED) is 0.698. The molecule has 1 saturated heterocycles. The van der Waals surface area contributed by atoms with Crippen LogP contribution in [0, 0.1) is 0 Å². The molecular weight excluding hydrogens is 316 g/mol. The predicted molar refractivity (Wildman–Crippen MR) is 93.3 cm³/mol. The van der Waals surface area contributed by atoms with Crippen molar-refractivity contribution in [3.05, 3.63) is 66.1 Å². The van der Waals surface area contributed by atoms with E-state index in [0.717, 1.165) is 36.3 Å². The van der Waals surface area contributed by atoms with Gasteiger partial charge in [-0.3, -0.25) is 0 Å². The third kappa shape index (κ3) is 3.88. The maximum Gasteiger partial charge on any atom is 0.232 e. The van der Waals surface area contributed by atoms with Gasteiger partial charge in [-0.1, -0.05) is 35.5 Å². The van der Waals surface area contributed by atoms with Gasteiger partial charge in [0.25, 0.3) is 0 Å². The maximum absolute atomic E-state index is 5.80. The zero-order valence-electron chi connectivity index (χ0n) is 13.9. The second kappa shape index (κ2) is 7.49. The monoisotopic (exact) mass is 336 g/mol. The number of rotatable bonds is 5. The number of nitrogens with zero attached hydrogens (tertiary/aromatic N) is 2. The zero-order valence-corrected chi connectivity index (χ0v) is 13.9. The molecule has 4 rings (SSSR count). The minimum Gasteiger partial charge on any atom is -0.489 e.